The zero-order valence-electron chi connectivity index (χ0n) is 10.9. The molecule has 2 aromatic rings. The Morgan fingerprint density at radius 3 is 2.48 bits per heavy atom. The van der Waals surface area contributed by atoms with Gasteiger partial charge in [0.15, 0.2) is 5.69 Å². The highest BCUT2D eigenvalue weighted by atomic mass is 19.4. The molecule has 0 atom stereocenters. The number of esters is 1. The number of rotatable bonds is 3. The average Bonchev–Trinajstić information content (AvgIpc) is 2.85. The van der Waals surface area contributed by atoms with Crippen molar-refractivity contribution in [3.05, 3.63) is 41.7 Å². The minimum absolute atomic E-state index is 0.0347. The molecule has 112 valence electrons. The van der Waals surface area contributed by atoms with E-state index in [1.807, 2.05) is 0 Å². The summed E-state index contributed by atoms with van der Waals surface area (Å²) in [5.41, 5.74) is -1.69. The fourth-order valence-electron chi connectivity index (χ4n) is 1.68. The van der Waals surface area contributed by atoms with E-state index < -0.39 is 23.4 Å². The second kappa shape index (κ2) is 5.47. The second-order valence-electron chi connectivity index (χ2n) is 4.07. The first kappa shape index (κ1) is 14.9. The molecule has 0 unspecified atom stereocenters. The lowest BCUT2D eigenvalue weighted by atomic mass is 10.2. The molecular formula is C13H11F3N2O3. The number of phenolic OH excluding ortho intramolecular Hbond substituents is 1. The molecule has 0 amide bonds. The van der Waals surface area contributed by atoms with E-state index in [-0.39, 0.29) is 18.0 Å². The Kier molecular flexibility index (Phi) is 3.88. The maximum absolute atomic E-state index is 12.9. The monoisotopic (exact) mass is 300 g/mol. The van der Waals surface area contributed by atoms with Gasteiger partial charge in [-0.2, -0.15) is 18.3 Å². The van der Waals surface area contributed by atoms with Crippen LogP contribution in [-0.4, -0.2) is 27.5 Å². The van der Waals surface area contributed by atoms with Crippen LogP contribution in [0, 0.1) is 0 Å². The quantitative estimate of drug-likeness (QED) is 0.885. The van der Waals surface area contributed by atoms with Crippen LogP contribution in [-0.2, 0) is 10.9 Å². The van der Waals surface area contributed by atoms with E-state index in [2.05, 4.69) is 9.84 Å². The van der Waals surface area contributed by atoms with E-state index in [4.69, 9.17) is 5.11 Å². The SMILES string of the molecule is CCOC(=O)c1cn(-c2ccc(O)cc2)nc1C(F)(F)F. The van der Waals surface area contributed by atoms with Crippen molar-refractivity contribution in [2.75, 3.05) is 6.61 Å². The first-order valence-electron chi connectivity index (χ1n) is 5.96. The molecule has 8 heteroatoms. The molecular weight excluding hydrogens is 289 g/mol. The van der Waals surface area contributed by atoms with Crippen molar-refractivity contribution >= 4 is 5.97 Å². The molecule has 21 heavy (non-hydrogen) atoms. The number of benzene rings is 1. The summed E-state index contributed by atoms with van der Waals surface area (Å²) in [6.45, 7) is 1.45. The molecule has 0 fully saturated rings. The van der Waals surface area contributed by atoms with Gasteiger partial charge in [0, 0.05) is 6.20 Å². The fraction of sp³-hybridized carbons (Fsp3) is 0.231. The summed E-state index contributed by atoms with van der Waals surface area (Å²) >= 11 is 0. The number of aromatic hydroxyl groups is 1. The molecule has 5 nitrogen and oxygen atoms in total. The van der Waals surface area contributed by atoms with Crippen LogP contribution in [0.25, 0.3) is 5.69 Å². The van der Waals surface area contributed by atoms with E-state index in [9.17, 15) is 18.0 Å². The number of hydrogen-bond acceptors (Lipinski definition) is 4. The first-order valence-corrected chi connectivity index (χ1v) is 5.96. The van der Waals surface area contributed by atoms with Gasteiger partial charge in [-0.1, -0.05) is 0 Å². The van der Waals surface area contributed by atoms with Gasteiger partial charge in [0.1, 0.15) is 11.3 Å². The Morgan fingerprint density at radius 2 is 1.95 bits per heavy atom. The van der Waals surface area contributed by atoms with Crippen LogP contribution < -0.4 is 0 Å². The molecule has 2 rings (SSSR count). The van der Waals surface area contributed by atoms with Gasteiger partial charge in [-0.15, -0.1) is 0 Å². The third-order valence-electron chi connectivity index (χ3n) is 2.59. The maximum atomic E-state index is 12.9. The summed E-state index contributed by atoms with van der Waals surface area (Å²) in [6.07, 6.45) is -3.82. The van der Waals surface area contributed by atoms with Crippen LogP contribution >= 0.6 is 0 Å². The zero-order chi connectivity index (χ0) is 15.6. The van der Waals surface area contributed by atoms with E-state index in [1.54, 1.807) is 0 Å². The summed E-state index contributed by atoms with van der Waals surface area (Å²) in [4.78, 5) is 11.6. The highest BCUT2D eigenvalue weighted by Gasteiger charge is 2.39. The molecule has 0 saturated carbocycles. The number of ether oxygens (including phenoxy) is 1. The van der Waals surface area contributed by atoms with E-state index in [0.717, 1.165) is 10.9 Å². The van der Waals surface area contributed by atoms with Gasteiger partial charge >= 0.3 is 12.1 Å². The first-order chi connectivity index (χ1) is 9.82. The third kappa shape index (κ3) is 3.15. The molecule has 1 heterocycles. The molecule has 1 aromatic carbocycles. The Hall–Kier alpha value is -2.51. The average molecular weight is 300 g/mol. The van der Waals surface area contributed by atoms with Crippen LogP contribution in [0.2, 0.25) is 0 Å². The van der Waals surface area contributed by atoms with E-state index in [0.29, 0.717) is 0 Å². The van der Waals surface area contributed by atoms with Crippen molar-refractivity contribution in [1.29, 1.82) is 0 Å². The fourth-order valence-corrected chi connectivity index (χ4v) is 1.68. The minimum Gasteiger partial charge on any atom is -0.508 e. The van der Waals surface area contributed by atoms with Crippen molar-refractivity contribution in [2.45, 2.75) is 13.1 Å². The van der Waals surface area contributed by atoms with E-state index >= 15 is 0 Å². The van der Waals surface area contributed by atoms with Gasteiger partial charge in [-0.3, -0.25) is 0 Å². The third-order valence-corrected chi connectivity index (χ3v) is 2.59. The summed E-state index contributed by atoms with van der Waals surface area (Å²) in [7, 11) is 0. The van der Waals surface area contributed by atoms with Crippen LogP contribution in [0.5, 0.6) is 5.75 Å². The summed E-state index contributed by atoms with van der Waals surface area (Å²) in [5, 5.41) is 12.6. The van der Waals surface area contributed by atoms with Crippen molar-refractivity contribution < 1.29 is 27.8 Å². The van der Waals surface area contributed by atoms with Gasteiger partial charge in [-0.25, -0.2) is 9.48 Å². The molecule has 1 N–H and O–H groups in total. The number of nitrogens with zero attached hydrogens (tertiary/aromatic N) is 2. The van der Waals surface area contributed by atoms with Gasteiger partial charge in [-0.05, 0) is 31.2 Å². The predicted octanol–water partition coefficient (Wildman–Crippen LogP) is 2.77. The van der Waals surface area contributed by atoms with Crippen LogP contribution in [0.3, 0.4) is 0 Å². The highest BCUT2D eigenvalue weighted by Crippen LogP contribution is 2.31. The van der Waals surface area contributed by atoms with Gasteiger partial charge in [0.2, 0.25) is 0 Å². The smallest absolute Gasteiger partial charge is 0.436 e. The van der Waals surface area contributed by atoms with Gasteiger partial charge < -0.3 is 9.84 Å². The van der Waals surface area contributed by atoms with Crippen LogP contribution in [0.15, 0.2) is 30.5 Å². The largest absolute Gasteiger partial charge is 0.508 e. The predicted molar refractivity (Wildman–Crippen MR) is 66.2 cm³/mol. The molecule has 0 aliphatic rings. The summed E-state index contributed by atoms with van der Waals surface area (Å²) in [5.74, 6) is -1.12. The second-order valence-corrected chi connectivity index (χ2v) is 4.07. The lowest BCUT2D eigenvalue weighted by molar-refractivity contribution is -0.141. The lowest BCUT2D eigenvalue weighted by Crippen LogP contribution is -2.14. The van der Waals surface area contributed by atoms with Crippen molar-refractivity contribution in [1.82, 2.24) is 9.78 Å². The van der Waals surface area contributed by atoms with Gasteiger partial charge in [0.25, 0.3) is 0 Å². The van der Waals surface area contributed by atoms with E-state index in [1.165, 1.54) is 31.2 Å². The van der Waals surface area contributed by atoms with Crippen LogP contribution in [0.4, 0.5) is 13.2 Å². The molecule has 0 radical (unpaired) electrons. The molecule has 0 aliphatic heterocycles. The number of phenols is 1. The van der Waals surface area contributed by atoms with Crippen molar-refractivity contribution in [3.63, 3.8) is 0 Å². The Balaban J connectivity index is 2.50. The normalized spacial score (nSPS) is 11.4. The summed E-state index contributed by atoms with van der Waals surface area (Å²) in [6, 6.07) is 5.34. The standard InChI is InChI=1S/C13H11F3N2O3/c1-2-21-12(20)10-7-18(17-11(10)13(14,15)16)8-3-5-9(19)6-4-8/h3-7,19H,2H2,1H3. The zero-order valence-corrected chi connectivity index (χ0v) is 10.9. The molecule has 0 spiro atoms. The topological polar surface area (TPSA) is 64.3 Å². The molecule has 0 bridgehead atoms. The number of hydrogen-bond donors (Lipinski definition) is 1. The number of alkyl halides is 3. The number of carbonyl (C=O) groups is 1. The minimum atomic E-state index is -4.77. The van der Waals surface area contributed by atoms with Crippen molar-refractivity contribution in [2.24, 2.45) is 0 Å². The number of halogens is 3. The highest BCUT2D eigenvalue weighted by molar-refractivity contribution is 5.90. The Labute approximate surface area is 117 Å². The number of aromatic nitrogens is 2. The molecule has 0 saturated heterocycles. The molecule has 0 aliphatic carbocycles. The van der Waals surface area contributed by atoms with Gasteiger partial charge in [0.05, 0.1) is 12.3 Å². The Bertz CT molecular complexity index is 648. The maximum Gasteiger partial charge on any atom is 0.436 e. The Morgan fingerprint density at radius 1 is 1.33 bits per heavy atom. The van der Waals surface area contributed by atoms with Crippen LogP contribution in [0.1, 0.15) is 23.0 Å². The lowest BCUT2D eigenvalue weighted by Gasteiger charge is -2.05. The van der Waals surface area contributed by atoms with Crippen molar-refractivity contribution in [3.8, 4) is 11.4 Å². The summed E-state index contributed by atoms with van der Waals surface area (Å²) < 4.78 is 44.3. The number of carbonyl (C=O) groups excluding carboxylic acids is 1. The molecule has 1 aromatic heterocycles.